The molecule has 0 unspecified atom stereocenters. The van der Waals surface area contributed by atoms with Gasteiger partial charge >= 0.3 is 0 Å². The molecule has 0 atom stereocenters. The van der Waals surface area contributed by atoms with E-state index in [9.17, 15) is 0 Å². The Morgan fingerprint density at radius 3 is 2.53 bits per heavy atom. The molecule has 0 amide bonds. The van der Waals surface area contributed by atoms with Crippen molar-refractivity contribution in [2.45, 2.75) is 0 Å². The Bertz CT molecular complexity index is 734. The van der Waals surface area contributed by atoms with Crippen molar-refractivity contribution in [1.29, 1.82) is 0 Å². The zero-order valence-corrected chi connectivity index (χ0v) is 11.2. The molecule has 0 aliphatic carbocycles. The molecule has 4 nitrogen and oxygen atoms in total. The number of aromatic nitrogens is 2. The van der Waals surface area contributed by atoms with Crippen molar-refractivity contribution in [2.75, 3.05) is 5.73 Å². The Labute approximate surface area is 119 Å². The van der Waals surface area contributed by atoms with Crippen molar-refractivity contribution in [3.05, 3.63) is 46.4 Å². The average molecular weight is 294 g/mol. The molecule has 0 spiro atoms. The van der Waals surface area contributed by atoms with E-state index in [0.29, 0.717) is 27.5 Å². The molecule has 0 aliphatic rings. The van der Waals surface area contributed by atoms with Crippen LogP contribution in [0.3, 0.4) is 0 Å². The second-order valence-corrected chi connectivity index (χ2v) is 4.90. The van der Waals surface area contributed by atoms with Crippen molar-refractivity contribution in [2.24, 2.45) is 0 Å². The highest BCUT2D eigenvalue weighted by Crippen LogP contribution is 2.28. The number of nitrogens with one attached hydrogen (secondary N) is 1. The Kier molecular flexibility index (Phi) is 2.97. The number of rotatable bonds is 2. The number of benzene rings is 2. The minimum atomic E-state index is 0.360. The molecule has 0 aliphatic heterocycles. The lowest BCUT2D eigenvalue weighted by Crippen LogP contribution is -1.86. The standard InChI is InChI=1S/C13H9Cl2N3O/c14-7-3-8(15)5-10(4-7)19-13-17-11-2-1-9(16)6-12(11)18-13/h1-6H,16H2,(H,17,18). The van der Waals surface area contributed by atoms with Gasteiger partial charge in [-0.25, -0.2) is 0 Å². The third-order valence-corrected chi connectivity index (χ3v) is 2.97. The number of H-pyrrole nitrogens is 1. The predicted octanol–water partition coefficient (Wildman–Crippen LogP) is 4.24. The molecular weight excluding hydrogens is 285 g/mol. The molecular formula is C13H9Cl2N3O. The molecule has 0 saturated carbocycles. The number of anilines is 1. The zero-order chi connectivity index (χ0) is 13.4. The number of hydrogen-bond acceptors (Lipinski definition) is 3. The summed E-state index contributed by atoms with van der Waals surface area (Å²) in [6, 6.07) is 10.7. The average Bonchev–Trinajstić information content (AvgIpc) is 2.68. The van der Waals surface area contributed by atoms with E-state index in [2.05, 4.69) is 9.97 Å². The van der Waals surface area contributed by atoms with Gasteiger partial charge < -0.3 is 15.5 Å². The number of nitrogens with zero attached hydrogens (tertiary/aromatic N) is 1. The topological polar surface area (TPSA) is 63.9 Å². The van der Waals surface area contributed by atoms with Crippen LogP contribution in [0.1, 0.15) is 0 Å². The van der Waals surface area contributed by atoms with Crippen molar-refractivity contribution >= 4 is 39.9 Å². The van der Waals surface area contributed by atoms with Crippen LogP contribution in [0, 0.1) is 0 Å². The first-order chi connectivity index (χ1) is 9.10. The fraction of sp³-hybridized carbons (Fsp3) is 0. The minimum Gasteiger partial charge on any atom is -0.426 e. The fourth-order valence-corrected chi connectivity index (χ4v) is 2.26. The first-order valence-corrected chi connectivity index (χ1v) is 6.25. The first kappa shape index (κ1) is 12.1. The molecule has 0 saturated heterocycles. The largest absolute Gasteiger partial charge is 0.426 e. The third kappa shape index (κ3) is 2.59. The van der Waals surface area contributed by atoms with E-state index in [-0.39, 0.29) is 0 Å². The van der Waals surface area contributed by atoms with Crippen LogP contribution in [0.5, 0.6) is 11.8 Å². The maximum absolute atomic E-state index is 5.90. The van der Waals surface area contributed by atoms with Crippen LogP contribution in [-0.4, -0.2) is 9.97 Å². The molecule has 96 valence electrons. The number of nitrogens with two attached hydrogens (primary N) is 1. The molecule has 6 heteroatoms. The van der Waals surface area contributed by atoms with Crippen LogP contribution in [0.4, 0.5) is 5.69 Å². The van der Waals surface area contributed by atoms with Gasteiger partial charge in [0.15, 0.2) is 0 Å². The highest BCUT2D eigenvalue weighted by Gasteiger charge is 2.06. The Morgan fingerprint density at radius 2 is 1.79 bits per heavy atom. The zero-order valence-electron chi connectivity index (χ0n) is 9.65. The number of halogens is 2. The van der Waals surface area contributed by atoms with Crippen LogP contribution in [0.25, 0.3) is 11.0 Å². The van der Waals surface area contributed by atoms with Gasteiger partial charge in [-0.1, -0.05) is 23.2 Å². The third-order valence-electron chi connectivity index (χ3n) is 2.53. The van der Waals surface area contributed by atoms with Gasteiger partial charge in [-0.2, -0.15) is 4.98 Å². The molecule has 3 rings (SSSR count). The van der Waals surface area contributed by atoms with Gasteiger partial charge in [0.05, 0.1) is 11.0 Å². The van der Waals surface area contributed by atoms with Crippen LogP contribution in [0.2, 0.25) is 10.0 Å². The molecule has 3 aromatic rings. The summed E-state index contributed by atoms with van der Waals surface area (Å²) in [5.74, 6) is 0.518. The van der Waals surface area contributed by atoms with Gasteiger partial charge in [0.2, 0.25) is 0 Å². The van der Waals surface area contributed by atoms with Crippen LogP contribution in [0.15, 0.2) is 36.4 Å². The maximum atomic E-state index is 5.90. The lowest BCUT2D eigenvalue weighted by Gasteiger charge is -2.02. The monoisotopic (exact) mass is 293 g/mol. The second kappa shape index (κ2) is 4.64. The quantitative estimate of drug-likeness (QED) is 0.695. The summed E-state index contributed by atoms with van der Waals surface area (Å²) in [4.78, 5) is 7.31. The van der Waals surface area contributed by atoms with E-state index in [1.54, 1.807) is 30.3 Å². The molecule has 1 aromatic heterocycles. The molecule has 3 N–H and O–H groups in total. The highest BCUT2D eigenvalue weighted by atomic mass is 35.5. The molecule has 0 bridgehead atoms. The van der Waals surface area contributed by atoms with Gasteiger partial charge in [0, 0.05) is 15.7 Å². The second-order valence-electron chi connectivity index (χ2n) is 4.03. The van der Waals surface area contributed by atoms with E-state index in [4.69, 9.17) is 33.7 Å². The van der Waals surface area contributed by atoms with Gasteiger partial charge in [-0.05, 0) is 36.4 Å². The van der Waals surface area contributed by atoms with E-state index in [1.165, 1.54) is 0 Å². The van der Waals surface area contributed by atoms with Crippen molar-refractivity contribution in [3.8, 4) is 11.8 Å². The van der Waals surface area contributed by atoms with E-state index >= 15 is 0 Å². The van der Waals surface area contributed by atoms with Crippen LogP contribution in [-0.2, 0) is 0 Å². The Morgan fingerprint density at radius 1 is 1.05 bits per heavy atom. The number of nitrogen functional groups attached to an aromatic ring is 1. The summed E-state index contributed by atoms with van der Waals surface area (Å²) in [5, 5.41) is 1.01. The number of aromatic amines is 1. The SMILES string of the molecule is Nc1ccc2nc(Oc3cc(Cl)cc(Cl)c3)[nH]c2c1. The van der Waals surface area contributed by atoms with Crippen molar-refractivity contribution < 1.29 is 4.74 Å². The summed E-state index contributed by atoms with van der Waals surface area (Å²) in [5.41, 5.74) is 7.95. The summed E-state index contributed by atoms with van der Waals surface area (Å²) < 4.78 is 5.59. The van der Waals surface area contributed by atoms with E-state index < -0.39 is 0 Å². The number of hydrogen-bond donors (Lipinski definition) is 2. The highest BCUT2D eigenvalue weighted by molar-refractivity contribution is 6.34. The molecule has 0 radical (unpaired) electrons. The molecule has 0 fully saturated rings. The summed E-state index contributed by atoms with van der Waals surface area (Å²) in [6.07, 6.45) is 0. The smallest absolute Gasteiger partial charge is 0.300 e. The van der Waals surface area contributed by atoms with Crippen molar-refractivity contribution in [3.63, 3.8) is 0 Å². The normalized spacial score (nSPS) is 10.8. The fourth-order valence-electron chi connectivity index (χ4n) is 1.75. The lowest BCUT2D eigenvalue weighted by atomic mass is 10.3. The number of fused-ring (bicyclic) bond motifs is 1. The molecule has 19 heavy (non-hydrogen) atoms. The van der Waals surface area contributed by atoms with Gasteiger partial charge in [0.25, 0.3) is 6.01 Å². The predicted molar refractivity (Wildman–Crippen MR) is 77.0 cm³/mol. The summed E-state index contributed by atoms with van der Waals surface area (Å²) in [6.45, 7) is 0. The van der Waals surface area contributed by atoms with E-state index in [0.717, 1.165) is 11.0 Å². The summed E-state index contributed by atoms with van der Waals surface area (Å²) >= 11 is 11.8. The van der Waals surface area contributed by atoms with Crippen molar-refractivity contribution in [1.82, 2.24) is 9.97 Å². The van der Waals surface area contributed by atoms with Gasteiger partial charge in [-0.3, -0.25) is 0 Å². The number of imidazole rings is 1. The minimum absolute atomic E-state index is 0.360. The van der Waals surface area contributed by atoms with Crippen LogP contribution >= 0.6 is 23.2 Å². The Balaban J connectivity index is 1.96. The first-order valence-electron chi connectivity index (χ1n) is 5.49. The van der Waals surface area contributed by atoms with E-state index in [1.807, 2.05) is 6.07 Å². The maximum Gasteiger partial charge on any atom is 0.300 e. The molecule has 2 aromatic carbocycles. The van der Waals surface area contributed by atoms with Crippen LogP contribution < -0.4 is 10.5 Å². The van der Waals surface area contributed by atoms with Gasteiger partial charge in [-0.15, -0.1) is 0 Å². The Hall–Kier alpha value is -1.91. The summed E-state index contributed by atoms with van der Waals surface area (Å²) in [7, 11) is 0. The number of ether oxygens (including phenoxy) is 1. The lowest BCUT2D eigenvalue weighted by molar-refractivity contribution is 0.449. The molecule has 1 heterocycles. The van der Waals surface area contributed by atoms with Gasteiger partial charge in [0.1, 0.15) is 5.75 Å².